The molecule has 9 nitrogen and oxygen atoms in total. The maximum absolute atomic E-state index is 12.2. The highest BCUT2D eigenvalue weighted by molar-refractivity contribution is 8.20. The van der Waals surface area contributed by atoms with Gasteiger partial charge in [-0.25, -0.2) is 9.59 Å². The highest BCUT2D eigenvalue weighted by Crippen LogP contribution is 2.45. The van der Waals surface area contributed by atoms with Crippen molar-refractivity contribution in [3.8, 4) is 0 Å². The van der Waals surface area contributed by atoms with Gasteiger partial charge in [0.15, 0.2) is 8.16 Å². The molecule has 0 aliphatic carbocycles. The number of aliphatic hydroxyl groups excluding tert-OH is 5. The van der Waals surface area contributed by atoms with E-state index >= 15 is 0 Å². The molecular formula is C17H34O9S8. The summed E-state index contributed by atoms with van der Waals surface area (Å²) in [7, 11) is 0. The van der Waals surface area contributed by atoms with Crippen LogP contribution in [0.25, 0.3) is 0 Å². The summed E-state index contributed by atoms with van der Waals surface area (Å²) in [5.74, 6) is -1.53. The van der Waals surface area contributed by atoms with E-state index in [9.17, 15) is 14.7 Å². The fourth-order valence-electron chi connectivity index (χ4n) is 1.60. The summed E-state index contributed by atoms with van der Waals surface area (Å²) >= 11 is 32.3. The Balaban J connectivity index is 0. The number of aliphatic hydroxyl groups is 5. The van der Waals surface area contributed by atoms with Crippen LogP contribution in [-0.2, 0) is 19.1 Å². The first-order valence-electron chi connectivity index (χ1n) is 9.50. The molecular weight excluding hydrogens is 605 g/mol. The Kier molecular flexibility index (Phi) is 18.3. The molecule has 5 N–H and O–H groups in total. The van der Waals surface area contributed by atoms with Crippen LogP contribution in [0.3, 0.4) is 0 Å². The van der Waals surface area contributed by atoms with Crippen LogP contribution in [0.1, 0.15) is 13.3 Å². The molecule has 0 aliphatic rings. The zero-order valence-corrected chi connectivity index (χ0v) is 25.5. The minimum absolute atomic E-state index is 0.0427. The smallest absolute Gasteiger partial charge is 0.335 e. The summed E-state index contributed by atoms with van der Waals surface area (Å²) in [6, 6.07) is 0. The molecule has 34 heavy (non-hydrogen) atoms. The second kappa shape index (κ2) is 16.5. The van der Waals surface area contributed by atoms with E-state index in [1.54, 1.807) is 6.92 Å². The van der Waals surface area contributed by atoms with Crippen LogP contribution in [-0.4, -0.2) is 101 Å². The van der Waals surface area contributed by atoms with Gasteiger partial charge < -0.3 is 35.0 Å². The Labute approximate surface area is 243 Å². The third kappa shape index (κ3) is 11.5. The molecule has 0 aromatic heterocycles. The number of esters is 2. The molecule has 1 atom stereocenters. The first-order chi connectivity index (χ1) is 15.4. The van der Waals surface area contributed by atoms with Crippen molar-refractivity contribution in [2.75, 3.05) is 52.0 Å². The Hall–Kier alpha value is 1.54. The molecule has 0 amide bonds. The molecule has 0 aliphatic heterocycles. The predicted octanol–water partition coefficient (Wildman–Crippen LogP) is -0.112. The van der Waals surface area contributed by atoms with E-state index < -0.39 is 67.4 Å². The highest BCUT2D eigenvalue weighted by Gasteiger charge is 2.48. The Bertz CT molecular complexity index is 603. The van der Waals surface area contributed by atoms with Gasteiger partial charge in [-0.05, 0) is 6.42 Å². The van der Waals surface area contributed by atoms with Crippen LogP contribution in [0.2, 0.25) is 0 Å². The highest BCUT2D eigenvalue weighted by atomic mass is 32.2. The second-order valence-corrected chi connectivity index (χ2v) is 14.5. The van der Waals surface area contributed by atoms with Crippen molar-refractivity contribution < 1.29 is 44.6 Å². The van der Waals surface area contributed by atoms with Crippen molar-refractivity contribution in [1.29, 1.82) is 0 Å². The maximum atomic E-state index is 12.2. The zero-order chi connectivity index (χ0) is 27.4. The normalized spacial score (nSPS) is 14.5. The number of ether oxygens (including phenoxy) is 2. The maximum Gasteiger partial charge on any atom is 0.335 e. The molecule has 0 saturated carbocycles. The van der Waals surface area contributed by atoms with E-state index in [-0.39, 0.29) is 19.0 Å². The summed E-state index contributed by atoms with van der Waals surface area (Å²) in [4.78, 5) is 24.1. The lowest BCUT2D eigenvalue weighted by Gasteiger charge is -2.34. The Morgan fingerprint density at radius 2 is 1.03 bits per heavy atom. The fourth-order valence-corrected chi connectivity index (χ4v) is 2.27. The third-order valence-corrected chi connectivity index (χ3v) is 9.50. The van der Waals surface area contributed by atoms with E-state index in [4.69, 9.17) is 29.9 Å². The molecule has 17 heteroatoms. The molecule has 0 heterocycles. The van der Waals surface area contributed by atoms with Crippen LogP contribution < -0.4 is 0 Å². The molecule has 0 fully saturated rings. The molecule has 1 unspecified atom stereocenters. The van der Waals surface area contributed by atoms with Gasteiger partial charge in [-0.3, -0.25) is 0 Å². The molecule has 0 rings (SSSR count). The van der Waals surface area contributed by atoms with E-state index in [0.717, 1.165) is 0 Å². The van der Waals surface area contributed by atoms with Crippen molar-refractivity contribution in [1.82, 2.24) is 0 Å². The largest absolute Gasteiger partial charge is 0.463 e. The fraction of sp³-hybridized carbons (Fsp3) is 0.882. The number of thiol groups is 8. The van der Waals surface area contributed by atoms with Gasteiger partial charge in [0.05, 0.1) is 43.9 Å². The monoisotopic (exact) mass is 638 g/mol. The molecule has 204 valence electrons. The lowest BCUT2D eigenvalue weighted by molar-refractivity contribution is -0.156. The van der Waals surface area contributed by atoms with Gasteiger partial charge >= 0.3 is 11.9 Å². The van der Waals surface area contributed by atoms with Crippen molar-refractivity contribution in [2.24, 2.45) is 10.8 Å². The number of rotatable bonds is 14. The van der Waals surface area contributed by atoms with Crippen molar-refractivity contribution in [3.63, 3.8) is 0 Å². The van der Waals surface area contributed by atoms with Crippen LogP contribution in [0.4, 0.5) is 0 Å². The number of carbonyl (C=O) groups excluding carboxylic acids is 2. The molecule has 0 bridgehead atoms. The quantitative estimate of drug-likeness (QED) is 0.0710. The minimum Gasteiger partial charge on any atom is -0.463 e. The van der Waals surface area contributed by atoms with E-state index in [2.05, 4.69) is 101 Å². The van der Waals surface area contributed by atoms with Gasteiger partial charge in [0.2, 0.25) is 0 Å². The summed E-state index contributed by atoms with van der Waals surface area (Å²) in [5, 5.41) is 43.7. The topological polar surface area (TPSA) is 154 Å². The summed E-state index contributed by atoms with van der Waals surface area (Å²) in [5.41, 5.74) is -2.12. The van der Waals surface area contributed by atoms with Gasteiger partial charge in [0, 0.05) is 5.75 Å². The summed E-state index contributed by atoms with van der Waals surface area (Å²) < 4.78 is 5.78. The average Bonchev–Trinajstić information content (AvgIpc) is 2.80. The average molecular weight is 639 g/mol. The molecule has 0 spiro atoms. The lowest BCUT2D eigenvalue weighted by atomic mass is 9.88. The van der Waals surface area contributed by atoms with Crippen molar-refractivity contribution in [3.05, 3.63) is 0 Å². The van der Waals surface area contributed by atoms with Gasteiger partial charge in [-0.15, -0.1) is 88.4 Å². The van der Waals surface area contributed by atoms with Gasteiger partial charge in [0.1, 0.15) is 16.6 Å². The standard InChI is InChI=1S/C12H22O5S8.C5H12O4/c1-2-9(3-13,4-16-7(14)10(19,20)6-18)5-17-8(15)11(21,22)12(23,24)25;6-1-5(2-7,3-8)4-9/h13,18-25H,2-6H2,1H3;6-9H,1-4H2. The molecule has 0 aromatic rings. The summed E-state index contributed by atoms with van der Waals surface area (Å²) in [6.45, 7) is -0.715. The first-order valence-corrected chi connectivity index (χ1v) is 13.3. The minimum atomic E-state index is -1.72. The molecule has 0 saturated heterocycles. The second-order valence-electron chi connectivity index (χ2n) is 7.58. The van der Waals surface area contributed by atoms with Crippen LogP contribution >= 0.6 is 101 Å². The van der Waals surface area contributed by atoms with Gasteiger partial charge in [-0.2, -0.15) is 12.6 Å². The third-order valence-electron chi connectivity index (χ3n) is 4.75. The SMILES string of the molecule is CCC(CO)(COC(=O)C(S)(S)CS)COC(=O)C(S)(S)C(S)(S)S.OCC(CO)(CO)CO. The van der Waals surface area contributed by atoms with E-state index in [1.807, 2.05) is 0 Å². The van der Waals surface area contributed by atoms with Crippen molar-refractivity contribution >= 4 is 113 Å². The van der Waals surface area contributed by atoms with Crippen LogP contribution in [0.5, 0.6) is 0 Å². The Morgan fingerprint density at radius 1 is 0.676 bits per heavy atom. The number of hydrogen-bond donors (Lipinski definition) is 13. The van der Waals surface area contributed by atoms with E-state index in [0.29, 0.717) is 6.42 Å². The molecule has 0 radical (unpaired) electrons. The Morgan fingerprint density at radius 3 is 1.26 bits per heavy atom. The van der Waals surface area contributed by atoms with E-state index in [1.165, 1.54) is 0 Å². The van der Waals surface area contributed by atoms with Gasteiger partial charge in [-0.1, -0.05) is 6.92 Å². The summed E-state index contributed by atoms with van der Waals surface area (Å²) in [6.07, 6.45) is 0.358. The van der Waals surface area contributed by atoms with Crippen LogP contribution in [0.15, 0.2) is 0 Å². The van der Waals surface area contributed by atoms with Gasteiger partial charge in [0.25, 0.3) is 0 Å². The lowest BCUT2D eigenvalue weighted by Crippen LogP contribution is -2.45. The number of carbonyl (C=O) groups is 2. The molecule has 0 aromatic carbocycles. The van der Waals surface area contributed by atoms with Crippen molar-refractivity contribution in [2.45, 2.75) is 24.9 Å². The first kappa shape index (κ1) is 37.7. The predicted molar refractivity (Wildman–Crippen MR) is 157 cm³/mol. The zero-order valence-electron chi connectivity index (χ0n) is 18.3. The number of hydrogen-bond acceptors (Lipinski definition) is 17. The van der Waals surface area contributed by atoms with Crippen LogP contribution in [0, 0.1) is 10.8 Å².